The normalized spacial score (nSPS) is 12.7. The van der Waals surface area contributed by atoms with Crippen LogP contribution in [0.2, 0.25) is 0 Å². The summed E-state index contributed by atoms with van der Waals surface area (Å²) >= 11 is 0. The molecule has 1 heterocycles. The zero-order valence-electron chi connectivity index (χ0n) is 18.7. The van der Waals surface area contributed by atoms with Crippen LogP contribution < -0.4 is 16.6 Å². The molecule has 0 unspecified atom stereocenters. The van der Waals surface area contributed by atoms with Crippen molar-refractivity contribution in [2.75, 3.05) is 0 Å². The van der Waals surface area contributed by atoms with Gasteiger partial charge in [0.2, 0.25) is 5.69 Å². The van der Waals surface area contributed by atoms with Gasteiger partial charge in [-0.25, -0.2) is 13.8 Å². The summed E-state index contributed by atoms with van der Waals surface area (Å²) in [6.45, 7) is 3.43. The van der Waals surface area contributed by atoms with Gasteiger partial charge in [-0.15, -0.1) is 0 Å². The number of halogens is 1. The van der Waals surface area contributed by atoms with Crippen LogP contribution in [0.1, 0.15) is 47.5 Å². The third kappa shape index (κ3) is 4.43. The summed E-state index contributed by atoms with van der Waals surface area (Å²) < 4.78 is 16.3. The van der Waals surface area contributed by atoms with Gasteiger partial charge in [-0.1, -0.05) is 72.8 Å². The molecule has 0 aliphatic carbocycles. The van der Waals surface area contributed by atoms with Crippen molar-refractivity contribution in [2.24, 2.45) is 0 Å². The highest BCUT2D eigenvalue weighted by Crippen LogP contribution is 2.16. The molecule has 8 heteroatoms. The third-order valence-corrected chi connectivity index (χ3v) is 5.62. The zero-order valence-corrected chi connectivity index (χ0v) is 18.7. The lowest BCUT2D eigenvalue weighted by Crippen LogP contribution is -2.47. The van der Waals surface area contributed by atoms with E-state index in [2.05, 4.69) is 10.4 Å². The highest BCUT2D eigenvalue weighted by molar-refractivity contribution is 5.92. The van der Waals surface area contributed by atoms with Gasteiger partial charge >= 0.3 is 5.69 Å². The minimum atomic E-state index is -0.855. The van der Waals surface area contributed by atoms with Crippen molar-refractivity contribution in [3.05, 3.63) is 128 Å². The maximum Gasteiger partial charge on any atom is 0.352 e. The molecule has 34 heavy (non-hydrogen) atoms. The van der Waals surface area contributed by atoms with Crippen LogP contribution in [0.25, 0.3) is 5.69 Å². The van der Waals surface area contributed by atoms with E-state index in [-0.39, 0.29) is 5.69 Å². The molecule has 1 N–H and O–H groups in total. The van der Waals surface area contributed by atoms with Crippen LogP contribution in [0.5, 0.6) is 0 Å². The molecule has 4 rings (SSSR count). The predicted molar refractivity (Wildman–Crippen MR) is 127 cm³/mol. The van der Waals surface area contributed by atoms with E-state index in [4.69, 9.17) is 0 Å². The Morgan fingerprint density at radius 2 is 1.41 bits per heavy atom. The van der Waals surface area contributed by atoms with Gasteiger partial charge in [-0.3, -0.25) is 9.59 Å². The number of hydrogen-bond donors (Lipinski definition) is 1. The Morgan fingerprint density at radius 3 is 2.03 bits per heavy atom. The molecule has 3 aromatic carbocycles. The van der Waals surface area contributed by atoms with Crippen LogP contribution in [0.4, 0.5) is 4.39 Å². The van der Waals surface area contributed by atoms with Gasteiger partial charge in [0.05, 0.1) is 12.1 Å². The second kappa shape index (κ2) is 9.66. The van der Waals surface area contributed by atoms with Crippen LogP contribution >= 0.6 is 0 Å². The average molecular weight is 458 g/mol. The van der Waals surface area contributed by atoms with Crippen molar-refractivity contribution in [2.45, 2.75) is 25.9 Å². The summed E-state index contributed by atoms with van der Waals surface area (Å²) in [4.78, 5) is 39.9. The summed E-state index contributed by atoms with van der Waals surface area (Å²) in [6.07, 6.45) is 0. The van der Waals surface area contributed by atoms with E-state index in [0.29, 0.717) is 5.56 Å². The predicted octanol–water partition coefficient (Wildman–Crippen LogP) is 3.63. The van der Waals surface area contributed by atoms with Crippen molar-refractivity contribution >= 4 is 5.91 Å². The number of rotatable bonds is 6. The number of para-hydroxylation sites is 1. The Balaban J connectivity index is 1.87. The maximum absolute atomic E-state index is 14.6. The lowest BCUT2D eigenvalue weighted by molar-refractivity contribution is 0.0929. The average Bonchev–Trinajstić information content (AvgIpc) is 2.85. The van der Waals surface area contributed by atoms with Crippen molar-refractivity contribution in [3.63, 3.8) is 0 Å². The molecule has 0 spiro atoms. The molecule has 2 atom stereocenters. The Morgan fingerprint density at radius 1 is 0.853 bits per heavy atom. The maximum atomic E-state index is 14.6. The lowest BCUT2D eigenvalue weighted by Gasteiger charge is -2.19. The van der Waals surface area contributed by atoms with Crippen molar-refractivity contribution in [1.82, 2.24) is 19.7 Å². The van der Waals surface area contributed by atoms with Crippen LogP contribution in [-0.2, 0) is 0 Å². The fourth-order valence-corrected chi connectivity index (χ4v) is 3.72. The van der Waals surface area contributed by atoms with E-state index in [1.165, 1.54) is 18.2 Å². The third-order valence-electron chi connectivity index (χ3n) is 5.62. The SMILES string of the molecule is C[C@H](NC(=O)c1nn(-c2ccccc2F)c(=O)n([C@@H](C)c2ccccc2)c1=O)c1ccccc1. The number of carbonyl (C=O) groups excluding carboxylic acids is 1. The number of amides is 1. The van der Waals surface area contributed by atoms with Gasteiger partial charge in [0.25, 0.3) is 11.5 Å². The number of aromatic nitrogens is 3. The molecule has 0 saturated heterocycles. The molecule has 0 bridgehead atoms. The number of carbonyl (C=O) groups is 1. The summed E-state index contributed by atoms with van der Waals surface area (Å²) in [5.41, 5.74) is -0.862. The Kier molecular flexibility index (Phi) is 6.49. The van der Waals surface area contributed by atoms with E-state index in [9.17, 15) is 18.8 Å². The molecule has 4 aromatic rings. The molecule has 0 saturated carbocycles. The fourth-order valence-electron chi connectivity index (χ4n) is 3.72. The molecule has 0 radical (unpaired) electrons. The van der Waals surface area contributed by atoms with E-state index in [1.54, 1.807) is 44.2 Å². The summed E-state index contributed by atoms with van der Waals surface area (Å²) in [5.74, 6) is -1.47. The Labute approximate surface area is 195 Å². The number of benzene rings is 3. The second-order valence-electron chi connectivity index (χ2n) is 7.86. The zero-order chi connectivity index (χ0) is 24.2. The first-order chi connectivity index (χ1) is 16.4. The van der Waals surface area contributed by atoms with E-state index >= 15 is 0 Å². The smallest absolute Gasteiger partial charge is 0.344 e. The molecular weight excluding hydrogens is 435 g/mol. The molecule has 1 amide bonds. The Hall–Kier alpha value is -4.33. The topological polar surface area (TPSA) is 86.0 Å². The molecule has 0 aliphatic heterocycles. The standard InChI is InChI=1S/C26H23FN4O3/c1-17(19-11-5-3-6-12-19)28-24(32)23-25(33)30(18(2)20-13-7-4-8-14-20)26(34)31(29-23)22-16-10-9-15-21(22)27/h3-18H,1-2H3,(H,28,32)/t17-,18-/m0/s1. The van der Waals surface area contributed by atoms with Crippen LogP contribution in [0, 0.1) is 5.82 Å². The van der Waals surface area contributed by atoms with Crippen molar-refractivity contribution in [1.29, 1.82) is 0 Å². The van der Waals surface area contributed by atoms with Crippen molar-refractivity contribution in [3.8, 4) is 5.69 Å². The molecule has 7 nitrogen and oxygen atoms in total. The number of nitrogens with one attached hydrogen (secondary N) is 1. The summed E-state index contributed by atoms with van der Waals surface area (Å²) in [7, 11) is 0. The first-order valence-electron chi connectivity index (χ1n) is 10.8. The molecule has 172 valence electrons. The van der Waals surface area contributed by atoms with E-state index in [0.717, 1.165) is 14.8 Å². The van der Waals surface area contributed by atoms with Gasteiger partial charge in [0.15, 0.2) is 0 Å². The van der Waals surface area contributed by atoms with Gasteiger partial charge in [0.1, 0.15) is 11.5 Å². The van der Waals surface area contributed by atoms with Gasteiger partial charge in [-0.2, -0.15) is 9.78 Å². The first-order valence-corrected chi connectivity index (χ1v) is 10.8. The minimum Gasteiger partial charge on any atom is -0.344 e. The van der Waals surface area contributed by atoms with Crippen molar-refractivity contribution < 1.29 is 9.18 Å². The highest BCUT2D eigenvalue weighted by Gasteiger charge is 2.25. The lowest BCUT2D eigenvalue weighted by atomic mass is 10.1. The second-order valence-corrected chi connectivity index (χ2v) is 7.86. The quantitative estimate of drug-likeness (QED) is 0.478. The van der Waals surface area contributed by atoms with Gasteiger partial charge in [-0.05, 0) is 37.1 Å². The molecule has 1 aromatic heterocycles. The highest BCUT2D eigenvalue weighted by atomic mass is 19.1. The number of nitrogens with zero attached hydrogens (tertiary/aromatic N) is 3. The van der Waals surface area contributed by atoms with E-state index in [1.807, 2.05) is 36.4 Å². The summed E-state index contributed by atoms with van der Waals surface area (Å²) in [5, 5.41) is 6.75. The van der Waals surface area contributed by atoms with Crippen LogP contribution in [0.15, 0.2) is 94.5 Å². The largest absolute Gasteiger partial charge is 0.352 e. The fraction of sp³-hybridized carbons (Fsp3) is 0.154. The van der Waals surface area contributed by atoms with Gasteiger partial charge < -0.3 is 5.32 Å². The summed E-state index contributed by atoms with van der Waals surface area (Å²) in [6, 6.07) is 22.5. The van der Waals surface area contributed by atoms with E-state index < -0.39 is 40.8 Å². The molecular formula is C26H23FN4O3. The van der Waals surface area contributed by atoms with Crippen LogP contribution in [0.3, 0.4) is 0 Å². The molecule has 0 fully saturated rings. The van der Waals surface area contributed by atoms with Gasteiger partial charge in [0, 0.05) is 0 Å². The molecule has 0 aliphatic rings. The Bertz CT molecular complexity index is 1430. The minimum absolute atomic E-state index is 0.160. The number of hydrogen-bond acceptors (Lipinski definition) is 4. The monoisotopic (exact) mass is 458 g/mol. The van der Waals surface area contributed by atoms with Crippen LogP contribution in [-0.4, -0.2) is 20.3 Å². The first kappa shape index (κ1) is 22.8.